The molecule has 4 nitrogen and oxygen atoms in total. The Bertz CT molecular complexity index is 610. The van der Waals surface area contributed by atoms with Crippen LogP contribution in [-0.2, 0) is 26.8 Å². The minimum absolute atomic E-state index is 0.0542. The maximum atomic E-state index is 12.0. The summed E-state index contributed by atoms with van der Waals surface area (Å²) in [5.41, 5.74) is 1.94. The summed E-state index contributed by atoms with van der Waals surface area (Å²) in [6.45, 7) is 4.85. The molecule has 1 aliphatic heterocycles. The number of nitrogens with zero attached hydrogens (tertiary/aromatic N) is 1. The summed E-state index contributed by atoms with van der Waals surface area (Å²) >= 11 is 0. The molecule has 0 saturated heterocycles. The zero-order chi connectivity index (χ0) is 14.2. The van der Waals surface area contributed by atoms with Crippen LogP contribution in [0.15, 0.2) is 23.1 Å². The fourth-order valence-electron chi connectivity index (χ4n) is 2.24. The van der Waals surface area contributed by atoms with Gasteiger partial charge >= 0.3 is 0 Å². The first-order valence-corrected chi connectivity index (χ1v) is 8.45. The van der Waals surface area contributed by atoms with Crippen LogP contribution in [0.1, 0.15) is 25.0 Å². The zero-order valence-electron chi connectivity index (χ0n) is 10.9. The van der Waals surface area contributed by atoms with Crippen LogP contribution in [-0.4, -0.2) is 25.8 Å². The molecule has 0 saturated carbocycles. The van der Waals surface area contributed by atoms with E-state index in [-0.39, 0.29) is 16.7 Å². The van der Waals surface area contributed by atoms with E-state index >= 15 is 0 Å². The normalized spacial score (nSPS) is 15.5. The SMILES string of the molecule is CC(C)C(=O)N1CCc2ccc(S(=O)(=O)Cl)cc2C1. The molecule has 0 aliphatic carbocycles. The van der Waals surface area contributed by atoms with Crippen molar-refractivity contribution in [2.45, 2.75) is 31.7 Å². The third kappa shape index (κ3) is 3.09. The fourth-order valence-corrected chi connectivity index (χ4v) is 3.04. The lowest BCUT2D eigenvalue weighted by Gasteiger charge is -2.30. The molecule has 19 heavy (non-hydrogen) atoms. The van der Waals surface area contributed by atoms with Gasteiger partial charge in [0.25, 0.3) is 9.05 Å². The number of hydrogen-bond acceptors (Lipinski definition) is 3. The fraction of sp³-hybridized carbons (Fsp3) is 0.462. The van der Waals surface area contributed by atoms with Crippen molar-refractivity contribution in [3.8, 4) is 0 Å². The van der Waals surface area contributed by atoms with Crippen LogP contribution in [0.3, 0.4) is 0 Å². The average molecular weight is 302 g/mol. The molecule has 0 atom stereocenters. The maximum Gasteiger partial charge on any atom is 0.261 e. The first-order valence-electron chi connectivity index (χ1n) is 6.14. The zero-order valence-corrected chi connectivity index (χ0v) is 12.5. The van der Waals surface area contributed by atoms with Crippen molar-refractivity contribution in [1.82, 2.24) is 4.90 Å². The Morgan fingerprint density at radius 1 is 1.32 bits per heavy atom. The summed E-state index contributed by atoms with van der Waals surface area (Å²) < 4.78 is 22.7. The summed E-state index contributed by atoms with van der Waals surface area (Å²) in [6, 6.07) is 4.86. The van der Waals surface area contributed by atoms with Crippen molar-refractivity contribution in [3.63, 3.8) is 0 Å². The number of carbonyl (C=O) groups excluding carboxylic acids is 1. The third-order valence-electron chi connectivity index (χ3n) is 3.28. The van der Waals surface area contributed by atoms with E-state index in [1.807, 2.05) is 13.8 Å². The van der Waals surface area contributed by atoms with Gasteiger partial charge in [-0.1, -0.05) is 19.9 Å². The van der Waals surface area contributed by atoms with E-state index in [1.54, 1.807) is 17.0 Å². The Balaban J connectivity index is 2.31. The van der Waals surface area contributed by atoms with Crippen LogP contribution in [0.5, 0.6) is 0 Å². The first-order chi connectivity index (χ1) is 8.79. The molecule has 104 valence electrons. The maximum absolute atomic E-state index is 12.0. The van der Waals surface area contributed by atoms with Crippen molar-refractivity contribution in [2.75, 3.05) is 6.54 Å². The van der Waals surface area contributed by atoms with E-state index in [2.05, 4.69) is 0 Å². The molecule has 0 aromatic heterocycles. The number of benzene rings is 1. The van der Waals surface area contributed by atoms with Gasteiger partial charge < -0.3 is 4.90 Å². The van der Waals surface area contributed by atoms with Crippen molar-refractivity contribution in [2.24, 2.45) is 5.92 Å². The van der Waals surface area contributed by atoms with E-state index in [0.29, 0.717) is 13.1 Å². The van der Waals surface area contributed by atoms with Crippen LogP contribution in [0, 0.1) is 5.92 Å². The van der Waals surface area contributed by atoms with Crippen LogP contribution in [0.4, 0.5) is 0 Å². The van der Waals surface area contributed by atoms with E-state index in [0.717, 1.165) is 17.5 Å². The minimum atomic E-state index is -3.72. The number of hydrogen-bond donors (Lipinski definition) is 0. The Hall–Kier alpha value is -1.07. The van der Waals surface area contributed by atoms with Crippen molar-refractivity contribution < 1.29 is 13.2 Å². The summed E-state index contributed by atoms with van der Waals surface area (Å²) in [7, 11) is 1.62. The van der Waals surface area contributed by atoms with Gasteiger partial charge in [-0.15, -0.1) is 0 Å². The van der Waals surface area contributed by atoms with Crippen LogP contribution >= 0.6 is 10.7 Å². The minimum Gasteiger partial charge on any atom is -0.338 e. The molecule has 0 radical (unpaired) electrons. The molecule has 0 N–H and O–H groups in total. The summed E-state index contributed by atoms with van der Waals surface area (Å²) in [6.07, 6.45) is 0.746. The highest BCUT2D eigenvalue weighted by Crippen LogP contribution is 2.25. The summed E-state index contributed by atoms with van der Waals surface area (Å²) in [4.78, 5) is 13.8. The summed E-state index contributed by atoms with van der Waals surface area (Å²) in [5, 5.41) is 0. The van der Waals surface area contributed by atoms with Gasteiger partial charge in [-0.3, -0.25) is 4.79 Å². The quantitative estimate of drug-likeness (QED) is 0.787. The molecule has 1 amide bonds. The van der Waals surface area contributed by atoms with Gasteiger partial charge in [-0.2, -0.15) is 0 Å². The van der Waals surface area contributed by atoms with Crippen LogP contribution in [0.2, 0.25) is 0 Å². The second-order valence-corrected chi connectivity index (χ2v) is 7.60. The predicted molar refractivity (Wildman–Crippen MR) is 73.4 cm³/mol. The number of fused-ring (bicyclic) bond motifs is 1. The standard InChI is InChI=1S/C13H16ClNO3S/c1-9(2)13(16)15-6-5-10-3-4-12(19(14,17)18)7-11(10)8-15/h3-4,7,9H,5-6,8H2,1-2H3. The highest BCUT2D eigenvalue weighted by molar-refractivity contribution is 8.13. The lowest BCUT2D eigenvalue weighted by Crippen LogP contribution is -2.38. The highest BCUT2D eigenvalue weighted by Gasteiger charge is 2.23. The molecule has 0 bridgehead atoms. The lowest BCUT2D eigenvalue weighted by atomic mass is 9.99. The van der Waals surface area contributed by atoms with Gasteiger partial charge in [-0.05, 0) is 29.7 Å². The monoisotopic (exact) mass is 301 g/mol. The molecule has 1 heterocycles. The Morgan fingerprint density at radius 3 is 2.58 bits per heavy atom. The number of rotatable bonds is 2. The molecule has 2 rings (SSSR count). The van der Waals surface area contributed by atoms with E-state index in [1.165, 1.54) is 6.07 Å². The van der Waals surface area contributed by atoms with Gasteiger partial charge in [0.1, 0.15) is 0 Å². The van der Waals surface area contributed by atoms with Crippen LogP contribution in [0.25, 0.3) is 0 Å². The van der Waals surface area contributed by atoms with Crippen molar-refractivity contribution >= 4 is 25.6 Å². The highest BCUT2D eigenvalue weighted by atomic mass is 35.7. The van der Waals surface area contributed by atoms with Gasteiger partial charge in [0.15, 0.2) is 0 Å². The van der Waals surface area contributed by atoms with Crippen molar-refractivity contribution in [1.29, 1.82) is 0 Å². The smallest absolute Gasteiger partial charge is 0.261 e. The largest absolute Gasteiger partial charge is 0.338 e. The Kier molecular flexibility index (Phi) is 3.87. The van der Waals surface area contributed by atoms with E-state index < -0.39 is 9.05 Å². The first kappa shape index (κ1) is 14.3. The second kappa shape index (κ2) is 5.13. The molecule has 1 aromatic carbocycles. The lowest BCUT2D eigenvalue weighted by molar-refractivity contribution is -0.135. The van der Waals surface area contributed by atoms with E-state index in [9.17, 15) is 13.2 Å². The molecule has 1 aliphatic rings. The molecule has 6 heteroatoms. The Morgan fingerprint density at radius 2 is 2.00 bits per heavy atom. The topological polar surface area (TPSA) is 54.5 Å². The van der Waals surface area contributed by atoms with Gasteiger partial charge in [0.2, 0.25) is 5.91 Å². The second-order valence-electron chi connectivity index (χ2n) is 5.03. The van der Waals surface area contributed by atoms with Crippen LogP contribution < -0.4 is 0 Å². The predicted octanol–water partition coefficient (Wildman–Crippen LogP) is 2.15. The average Bonchev–Trinajstić information content (AvgIpc) is 2.35. The Labute approximate surface area is 117 Å². The van der Waals surface area contributed by atoms with Gasteiger partial charge in [0.05, 0.1) is 4.90 Å². The molecular formula is C13H16ClNO3S. The third-order valence-corrected chi connectivity index (χ3v) is 4.63. The molecular weight excluding hydrogens is 286 g/mol. The van der Waals surface area contributed by atoms with Crippen molar-refractivity contribution in [3.05, 3.63) is 29.3 Å². The number of halogens is 1. The summed E-state index contributed by atoms with van der Waals surface area (Å²) in [5.74, 6) is 0.0336. The molecule has 0 fully saturated rings. The molecule has 0 spiro atoms. The molecule has 1 aromatic rings. The molecule has 0 unspecified atom stereocenters. The number of amides is 1. The van der Waals surface area contributed by atoms with E-state index in [4.69, 9.17) is 10.7 Å². The van der Waals surface area contributed by atoms with Gasteiger partial charge in [0, 0.05) is 29.7 Å². The number of carbonyl (C=O) groups is 1. The van der Waals surface area contributed by atoms with Gasteiger partial charge in [-0.25, -0.2) is 8.42 Å².